The molecule has 0 saturated heterocycles. The van der Waals surface area contributed by atoms with E-state index in [4.69, 9.17) is 25.6 Å². The van der Waals surface area contributed by atoms with Crippen LogP contribution < -0.4 is 21.1 Å². The maximum Gasteiger partial charge on any atom is 0.412 e. The van der Waals surface area contributed by atoms with E-state index in [2.05, 4.69) is 10.6 Å². The van der Waals surface area contributed by atoms with Crippen molar-refractivity contribution in [1.29, 1.82) is 5.26 Å². The van der Waals surface area contributed by atoms with E-state index in [1.54, 1.807) is 66.7 Å². The predicted molar refractivity (Wildman–Crippen MR) is 150 cm³/mol. The van der Waals surface area contributed by atoms with Crippen molar-refractivity contribution in [3.63, 3.8) is 0 Å². The molecule has 0 fully saturated rings. The van der Waals surface area contributed by atoms with Crippen LogP contribution in [0.5, 0.6) is 5.75 Å². The summed E-state index contributed by atoms with van der Waals surface area (Å²) in [5, 5.41) is 23.4. The molecular weight excluding hydrogens is 496 g/mol. The average Bonchev–Trinajstić information content (AvgIpc) is 2.95. The molecule has 39 heavy (non-hydrogen) atoms. The number of aliphatic hydroxyl groups excluding tert-OH is 1. The van der Waals surface area contributed by atoms with E-state index in [0.717, 1.165) is 5.56 Å². The molecule has 0 unspecified atom stereocenters. The lowest BCUT2D eigenvalue weighted by Gasteiger charge is -2.25. The van der Waals surface area contributed by atoms with E-state index >= 15 is 0 Å². The summed E-state index contributed by atoms with van der Waals surface area (Å²) in [6, 6.07) is 22.7. The van der Waals surface area contributed by atoms with Crippen LogP contribution in [0.25, 0.3) is 0 Å². The van der Waals surface area contributed by atoms with Crippen molar-refractivity contribution in [2.24, 2.45) is 5.92 Å². The smallest absolute Gasteiger partial charge is 0.412 e. The van der Waals surface area contributed by atoms with Gasteiger partial charge in [0.05, 0.1) is 29.6 Å². The Morgan fingerprint density at radius 1 is 1.05 bits per heavy atom. The third-order valence-corrected chi connectivity index (χ3v) is 5.86. The van der Waals surface area contributed by atoms with Crippen molar-refractivity contribution in [3.8, 4) is 11.8 Å². The molecule has 9 nitrogen and oxygen atoms in total. The Morgan fingerprint density at radius 2 is 1.77 bits per heavy atom. The SMILES string of the molecule is C[C@@H](CC/C=C/C(=O)Nc1ccccc1N)[C@@H](OC(=O)Nc1ccc(C#N)cc1)c1ccc(OCCO)cc1. The maximum absolute atomic E-state index is 12.8. The molecule has 0 saturated carbocycles. The molecule has 0 aliphatic carbocycles. The first-order chi connectivity index (χ1) is 18.9. The number of nitrogens with two attached hydrogens (primary N) is 1. The highest BCUT2D eigenvalue weighted by Gasteiger charge is 2.24. The van der Waals surface area contributed by atoms with Crippen LogP contribution in [0.4, 0.5) is 21.9 Å². The lowest BCUT2D eigenvalue weighted by molar-refractivity contribution is -0.111. The Labute approximate surface area is 227 Å². The number of para-hydroxylation sites is 2. The molecule has 0 bridgehead atoms. The number of allylic oxidation sites excluding steroid dienone is 1. The number of nitrogens with one attached hydrogen (secondary N) is 2. The quantitative estimate of drug-likeness (QED) is 0.181. The lowest BCUT2D eigenvalue weighted by Crippen LogP contribution is -2.22. The summed E-state index contributed by atoms with van der Waals surface area (Å²) in [7, 11) is 0. The Morgan fingerprint density at radius 3 is 2.44 bits per heavy atom. The summed E-state index contributed by atoms with van der Waals surface area (Å²) < 4.78 is 11.3. The number of ether oxygens (including phenoxy) is 2. The van der Waals surface area contributed by atoms with Crippen LogP contribution in [0.3, 0.4) is 0 Å². The van der Waals surface area contributed by atoms with E-state index in [0.29, 0.717) is 41.2 Å². The van der Waals surface area contributed by atoms with Gasteiger partial charge in [-0.05, 0) is 78.9 Å². The van der Waals surface area contributed by atoms with Crippen LogP contribution in [0.1, 0.15) is 37.0 Å². The Kier molecular flexibility index (Phi) is 10.9. The molecule has 3 aromatic rings. The summed E-state index contributed by atoms with van der Waals surface area (Å²) >= 11 is 0. The van der Waals surface area contributed by atoms with Crippen LogP contribution >= 0.6 is 0 Å². The minimum absolute atomic E-state index is 0.0929. The lowest BCUT2D eigenvalue weighted by atomic mass is 9.93. The van der Waals surface area contributed by atoms with Gasteiger partial charge in [-0.25, -0.2) is 4.79 Å². The van der Waals surface area contributed by atoms with Crippen LogP contribution in [0.15, 0.2) is 84.9 Å². The molecule has 3 aromatic carbocycles. The average molecular weight is 529 g/mol. The van der Waals surface area contributed by atoms with Crippen LogP contribution in [-0.4, -0.2) is 30.3 Å². The van der Waals surface area contributed by atoms with Gasteiger partial charge in [-0.1, -0.05) is 37.3 Å². The normalized spacial score (nSPS) is 12.2. The second-order valence-electron chi connectivity index (χ2n) is 8.81. The van der Waals surface area contributed by atoms with Crippen LogP contribution in [0, 0.1) is 17.2 Å². The van der Waals surface area contributed by atoms with E-state index in [-0.39, 0.29) is 25.0 Å². The number of carbonyl (C=O) groups is 2. The molecular formula is C30H32N4O5. The van der Waals surface area contributed by atoms with E-state index < -0.39 is 12.2 Å². The van der Waals surface area contributed by atoms with E-state index in [1.165, 1.54) is 6.08 Å². The highest BCUT2D eigenvalue weighted by atomic mass is 16.6. The predicted octanol–water partition coefficient (Wildman–Crippen LogP) is 5.41. The molecule has 0 aliphatic heterocycles. The molecule has 3 rings (SSSR count). The summed E-state index contributed by atoms with van der Waals surface area (Å²) in [5.74, 6) is 0.209. The van der Waals surface area contributed by atoms with Crippen molar-refractivity contribution < 1.29 is 24.2 Å². The first kappa shape index (κ1) is 28.8. The number of anilines is 3. The molecule has 202 valence electrons. The topological polar surface area (TPSA) is 147 Å². The highest BCUT2D eigenvalue weighted by molar-refractivity contribution is 6.01. The number of rotatable bonds is 12. The molecule has 0 spiro atoms. The second-order valence-corrected chi connectivity index (χ2v) is 8.81. The molecule has 5 N–H and O–H groups in total. The maximum atomic E-state index is 12.8. The molecule has 0 aromatic heterocycles. The van der Waals surface area contributed by atoms with Gasteiger partial charge in [-0.3, -0.25) is 10.1 Å². The first-order valence-electron chi connectivity index (χ1n) is 12.5. The Bertz CT molecular complexity index is 1300. The standard InChI is InChI=1S/C30H32N4O5/c1-21(6-2-5-9-28(36)34-27-8-4-3-7-26(27)32)29(23-12-16-25(17-13-23)38-19-18-35)39-30(37)33-24-14-10-22(20-31)11-15-24/h3-5,7-17,21,29,35H,2,6,18-19,32H2,1H3,(H,33,37)(H,34,36)/b9-5+/t21-,29+/m0/s1. The zero-order chi connectivity index (χ0) is 28.0. The number of benzene rings is 3. The van der Waals surface area contributed by atoms with Gasteiger partial charge in [0.15, 0.2) is 0 Å². The molecule has 2 atom stereocenters. The van der Waals surface area contributed by atoms with Gasteiger partial charge in [0, 0.05) is 5.69 Å². The molecule has 2 amide bonds. The molecule has 9 heteroatoms. The van der Waals surface area contributed by atoms with Crippen molar-refractivity contribution in [3.05, 3.63) is 96.1 Å². The molecule has 0 radical (unpaired) electrons. The number of nitriles is 1. The highest BCUT2D eigenvalue weighted by Crippen LogP contribution is 2.31. The summed E-state index contributed by atoms with van der Waals surface area (Å²) in [4.78, 5) is 25.0. The Hall–Kier alpha value is -4.81. The third-order valence-electron chi connectivity index (χ3n) is 5.86. The zero-order valence-electron chi connectivity index (χ0n) is 21.7. The fourth-order valence-corrected chi connectivity index (χ4v) is 3.81. The van der Waals surface area contributed by atoms with Gasteiger partial charge in [-0.15, -0.1) is 0 Å². The monoisotopic (exact) mass is 528 g/mol. The van der Waals surface area contributed by atoms with Gasteiger partial charge in [-0.2, -0.15) is 5.26 Å². The second kappa shape index (κ2) is 14.8. The van der Waals surface area contributed by atoms with E-state index in [9.17, 15) is 9.59 Å². The van der Waals surface area contributed by atoms with E-state index in [1.807, 2.05) is 25.1 Å². The molecule has 0 aliphatic rings. The molecule has 0 heterocycles. The summed E-state index contributed by atoms with van der Waals surface area (Å²) in [6.07, 6.45) is 3.22. The third kappa shape index (κ3) is 9.22. The minimum Gasteiger partial charge on any atom is -0.491 e. The van der Waals surface area contributed by atoms with Crippen molar-refractivity contribution in [2.75, 3.05) is 29.6 Å². The van der Waals surface area contributed by atoms with Gasteiger partial charge in [0.2, 0.25) is 5.91 Å². The van der Waals surface area contributed by atoms with Crippen molar-refractivity contribution in [2.45, 2.75) is 25.9 Å². The first-order valence-corrected chi connectivity index (χ1v) is 12.5. The largest absolute Gasteiger partial charge is 0.491 e. The van der Waals surface area contributed by atoms with Gasteiger partial charge in [0.1, 0.15) is 18.5 Å². The zero-order valence-corrected chi connectivity index (χ0v) is 21.7. The number of hydrogen-bond donors (Lipinski definition) is 4. The number of aliphatic hydroxyl groups is 1. The van der Waals surface area contributed by atoms with Crippen molar-refractivity contribution in [1.82, 2.24) is 0 Å². The number of amides is 2. The summed E-state index contributed by atoms with van der Waals surface area (Å²) in [6.45, 7) is 2.05. The minimum atomic E-state index is -0.632. The van der Waals surface area contributed by atoms with Crippen molar-refractivity contribution >= 4 is 29.1 Å². The number of nitrogens with zero attached hydrogens (tertiary/aromatic N) is 1. The van der Waals surface area contributed by atoms with Gasteiger partial charge >= 0.3 is 6.09 Å². The van der Waals surface area contributed by atoms with Gasteiger partial charge < -0.3 is 25.6 Å². The number of carbonyl (C=O) groups excluding carboxylic acids is 2. The number of hydrogen-bond acceptors (Lipinski definition) is 7. The van der Waals surface area contributed by atoms with Crippen LogP contribution in [-0.2, 0) is 9.53 Å². The summed E-state index contributed by atoms with van der Waals surface area (Å²) in [5.41, 5.74) is 8.67. The Balaban J connectivity index is 1.64. The fourth-order valence-electron chi connectivity index (χ4n) is 3.81. The van der Waals surface area contributed by atoms with Gasteiger partial charge in [0.25, 0.3) is 0 Å². The number of nitrogen functional groups attached to an aromatic ring is 1. The fraction of sp³-hybridized carbons (Fsp3) is 0.233. The van der Waals surface area contributed by atoms with Crippen LogP contribution in [0.2, 0.25) is 0 Å².